The maximum absolute atomic E-state index is 11.7. The number of hydrazine groups is 1. The highest BCUT2D eigenvalue weighted by Crippen LogP contribution is 2.34. The van der Waals surface area contributed by atoms with E-state index in [0.29, 0.717) is 32.4 Å². The van der Waals surface area contributed by atoms with Gasteiger partial charge in [-0.05, 0) is 12.1 Å². The third-order valence-electron chi connectivity index (χ3n) is 3.75. The van der Waals surface area contributed by atoms with Gasteiger partial charge in [-0.2, -0.15) is 0 Å². The van der Waals surface area contributed by atoms with Crippen molar-refractivity contribution in [1.29, 1.82) is 0 Å². The van der Waals surface area contributed by atoms with Gasteiger partial charge in [0.1, 0.15) is 10.3 Å². The number of sulfonamides is 1. The van der Waals surface area contributed by atoms with Gasteiger partial charge in [0.25, 0.3) is 0 Å². The first-order valence-electron chi connectivity index (χ1n) is 7.91. The summed E-state index contributed by atoms with van der Waals surface area (Å²) in [6, 6.07) is 3.54. The van der Waals surface area contributed by atoms with E-state index in [1.165, 1.54) is 29.6 Å². The second-order valence-electron chi connectivity index (χ2n) is 6.03. The molecule has 0 radical (unpaired) electrons. The number of rotatable bonds is 4. The van der Waals surface area contributed by atoms with Crippen molar-refractivity contribution < 1.29 is 13.2 Å². The van der Waals surface area contributed by atoms with Crippen LogP contribution < -0.4 is 10.1 Å². The number of nitrogens with one attached hydrogen (secondary N) is 2. The molecule has 0 saturated heterocycles. The number of anilines is 1. The average molecular weight is 440 g/mol. The number of imidazole rings is 1. The predicted molar refractivity (Wildman–Crippen MR) is 106 cm³/mol. The Balaban J connectivity index is 1.79. The van der Waals surface area contributed by atoms with Crippen LogP contribution in [0.15, 0.2) is 30.9 Å². The Morgan fingerprint density at radius 2 is 2.11 bits per heavy atom. The molecule has 0 aliphatic carbocycles. The molecule has 1 aliphatic rings. The van der Waals surface area contributed by atoms with Crippen molar-refractivity contribution in [3.63, 3.8) is 0 Å². The number of fused-ring (bicyclic) bond motifs is 2. The van der Waals surface area contributed by atoms with Gasteiger partial charge in [-0.3, -0.25) is 14.4 Å². The van der Waals surface area contributed by atoms with Crippen LogP contribution in [-0.4, -0.2) is 45.1 Å². The Labute approximate surface area is 168 Å². The minimum Gasteiger partial charge on any atom is -0.302 e. The van der Waals surface area contributed by atoms with Crippen LogP contribution in [0.1, 0.15) is 23.9 Å². The number of alkyl halides is 1. The van der Waals surface area contributed by atoms with E-state index in [1.807, 2.05) is 0 Å². The highest BCUT2D eigenvalue weighted by molar-refractivity contribution is 7.88. The van der Waals surface area contributed by atoms with E-state index < -0.39 is 15.6 Å². The zero-order valence-electron chi connectivity index (χ0n) is 14.6. The average Bonchev–Trinajstić information content (AvgIpc) is 3.21. The Morgan fingerprint density at radius 3 is 2.82 bits per heavy atom. The van der Waals surface area contributed by atoms with Crippen molar-refractivity contribution >= 4 is 59.9 Å². The maximum Gasteiger partial charge on any atom is 0.225 e. The van der Waals surface area contributed by atoms with E-state index in [1.54, 1.807) is 29.1 Å². The number of aromatic nitrogens is 4. The normalized spacial score (nSPS) is 16.8. The number of nitrogens with zero attached hydrogens (tertiary/aromatic N) is 5. The summed E-state index contributed by atoms with van der Waals surface area (Å²) in [4.78, 5) is 27.3. The second kappa shape index (κ2) is 6.81. The summed E-state index contributed by atoms with van der Waals surface area (Å²) in [6.45, 7) is 1.41. The van der Waals surface area contributed by atoms with Gasteiger partial charge < -0.3 is 5.32 Å². The second-order valence-corrected chi connectivity index (χ2v) is 9.13. The van der Waals surface area contributed by atoms with Gasteiger partial charge in [-0.1, -0.05) is 22.9 Å². The molecule has 2 N–H and O–H groups in total. The summed E-state index contributed by atoms with van der Waals surface area (Å²) in [6.07, 6.45) is 5.75. The minimum absolute atomic E-state index is 0.214. The third-order valence-corrected chi connectivity index (χ3v) is 5.60. The van der Waals surface area contributed by atoms with Gasteiger partial charge in [0.2, 0.25) is 15.9 Å². The topological polar surface area (TPSA) is 122 Å². The van der Waals surface area contributed by atoms with Crippen LogP contribution in [0.2, 0.25) is 0 Å². The van der Waals surface area contributed by atoms with E-state index in [4.69, 9.17) is 11.6 Å². The quantitative estimate of drug-likeness (QED) is 0.468. The predicted octanol–water partition coefficient (Wildman–Crippen LogP) is 1.71. The molecule has 0 aromatic carbocycles. The summed E-state index contributed by atoms with van der Waals surface area (Å²) >= 11 is 7.61. The number of hydrogen-bond acceptors (Lipinski definition) is 8. The van der Waals surface area contributed by atoms with Gasteiger partial charge in [0, 0.05) is 18.7 Å². The Kier molecular flexibility index (Phi) is 4.57. The lowest BCUT2D eigenvalue weighted by atomic mass is 10.1. The van der Waals surface area contributed by atoms with Crippen LogP contribution >= 0.6 is 22.9 Å². The van der Waals surface area contributed by atoms with Crippen LogP contribution in [-0.2, 0) is 14.8 Å². The molecule has 1 amide bonds. The highest BCUT2D eigenvalue weighted by Gasteiger charge is 2.28. The molecule has 28 heavy (non-hydrogen) atoms. The van der Waals surface area contributed by atoms with Gasteiger partial charge in [0.05, 0.1) is 30.2 Å². The fourth-order valence-corrected chi connectivity index (χ4v) is 4.45. The summed E-state index contributed by atoms with van der Waals surface area (Å²) in [5, 5.41) is 4.36. The van der Waals surface area contributed by atoms with Crippen LogP contribution in [0.5, 0.6) is 0 Å². The first-order valence-corrected chi connectivity index (χ1v) is 11.0. The maximum atomic E-state index is 11.7. The number of hydrogen-bond donors (Lipinski definition) is 2. The molecular weight excluding hydrogens is 426 g/mol. The van der Waals surface area contributed by atoms with Crippen molar-refractivity contribution in [2.75, 3.05) is 11.6 Å². The molecule has 146 valence electrons. The van der Waals surface area contributed by atoms with Gasteiger partial charge in [-0.25, -0.2) is 23.4 Å². The number of thiazole rings is 1. The van der Waals surface area contributed by atoms with Gasteiger partial charge in [-0.15, -0.1) is 4.83 Å². The zero-order valence-corrected chi connectivity index (χ0v) is 17.0. The van der Waals surface area contributed by atoms with Crippen molar-refractivity contribution in [2.24, 2.45) is 0 Å². The van der Waals surface area contributed by atoms with Gasteiger partial charge >= 0.3 is 0 Å². The van der Waals surface area contributed by atoms with E-state index >= 15 is 0 Å². The molecule has 0 saturated carbocycles. The molecule has 0 spiro atoms. The molecule has 3 aromatic rings. The number of pyridine rings is 1. The molecule has 1 unspecified atom stereocenters. The molecule has 0 bridgehead atoms. The number of carbonyl (C=O) groups excluding carboxylic acids is 1. The summed E-state index contributed by atoms with van der Waals surface area (Å²) in [5.74, 6) is -0.214. The zero-order chi connectivity index (χ0) is 20.1. The fourth-order valence-electron chi connectivity index (χ4n) is 2.71. The van der Waals surface area contributed by atoms with Crippen molar-refractivity contribution in [2.45, 2.75) is 12.5 Å². The molecule has 13 heteroatoms. The number of halogens is 1. The summed E-state index contributed by atoms with van der Waals surface area (Å²) < 4.78 is 25.0. The lowest BCUT2D eigenvalue weighted by molar-refractivity contribution is -0.114. The molecule has 4 heterocycles. The first-order chi connectivity index (χ1) is 13.2. The monoisotopic (exact) mass is 439 g/mol. The molecule has 4 rings (SSSR count). The molecular formula is C15H14ClN7O3S2. The molecule has 10 nitrogen and oxygen atoms in total. The molecule has 0 fully saturated rings. The summed E-state index contributed by atoms with van der Waals surface area (Å²) in [5.41, 5.74) is 1.71. The standard InChI is InChI=1S/C15H14ClN7O3S2/c1-8(24)18-15-20-11-4-3-10(19-13(11)27-15)9-6-23(21-28(2,25)26)14(16)22-7-17-5-12(9)22/h3-7,14,21H,1-2H3,(H,18,20,24). The fraction of sp³-hybridized carbons (Fsp3) is 0.200. The summed E-state index contributed by atoms with van der Waals surface area (Å²) in [7, 11) is -3.55. The van der Waals surface area contributed by atoms with E-state index in [0.717, 1.165) is 6.26 Å². The Bertz CT molecular complexity index is 1220. The Hall–Kier alpha value is -2.54. The van der Waals surface area contributed by atoms with E-state index in [-0.39, 0.29) is 5.91 Å². The van der Waals surface area contributed by atoms with E-state index in [9.17, 15) is 13.2 Å². The van der Waals surface area contributed by atoms with Crippen molar-refractivity contribution in [3.8, 4) is 0 Å². The van der Waals surface area contributed by atoms with Crippen LogP contribution in [0.3, 0.4) is 0 Å². The van der Waals surface area contributed by atoms with Crippen molar-refractivity contribution in [3.05, 3.63) is 42.2 Å². The largest absolute Gasteiger partial charge is 0.302 e. The smallest absolute Gasteiger partial charge is 0.225 e. The van der Waals surface area contributed by atoms with Crippen LogP contribution in [0.4, 0.5) is 5.13 Å². The first kappa shape index (κ1) is 18.8. The SMILES string of the molecule is CC(=O)Nc1nc2ccc(C3=CN(NS(C)(=O)=O)C(Cl)n4cncc43)nc2s1. The van der Waals surface area contributed by atoms with Gasteiger partial charge in [0.15, 0.2) is 10.8 Å². The molecule has 3 aromatic heterocycles. The highest BCUT2D eigenvalue weighted by atomic mass is 35.5. The number of amides is 1. The minimum atomic E-state index is -3.55. The van der Waals surface area contributed by atoms with Crippen molar-refractivity contribution in [1.82, 2.24) is 29.4 Å². The van der Waals surface area contributed by atoms with Crippen LogP contribution in [0.25, 0.3) is 15.9 Å². The van der Waals surface area contributed by atoms with E-state index in [2.05, 4.69) is 25.1 Å². The lowest BCUT2D eigenvalue weighted by Gasteiger charge is -2.32. The molecule has 1 aliphatic heterocycles. The number of carbonyl (C=O) groups is 1. The Morgan fingerprint density at radius 1 is 1.32 bits per heavy atom. The van der Waals surface area contributed by atoms with Crippen LogP contribution in [0, 0.1) is 0 Å². The lowest BCUT2D eigenvalue weighted by Crippen LogP contribution is -2.42. The molecule has 1 atom stereocenters. The third kappa shape index (κ3) is 3.58.